The third kappa shape index (κ3) is 3.64. The molecule has 0 spiro atoms. The van der Waals surface area contributed by atoms with Gasteiger partial charge in [0, 0.05) is 0 Å². The predicted octanol–water partition coefficient (Wildman–Crippen LogP) is -1.51. The second kappa shape index (κ2) is 5.52. The Morgan fingerprint density at radius 3 is 2.16 bits per heavy atom. The van der Waals surface area contributed by atoms with Gasteiger partial charge in [-0.25, -0.2) is 8.42 Å². The molecule has 11 heteroatoms. The average molecular weight is 308 g/mol. The van der Waals surface area contributed by atoms with Gasteiger partial charge in [-0.15, -0.1) is 4.40 Å². The largest absolute Gasteiger partial charge is 0.369 e. The highest BCUT2D eigenvalue weighted by atomic mass is 32.2. The molecule has 106 valence electrons. The normalized spacial score (nSPS) is 12.1. The van der Waals surface area contributed by atoms with E-state index < -0.39 is 35.8 Å². The zero-order chi connectivity index (χ0) is 14.7. The van der Waals surface area contributed by atoms with Crippen molar-refractivity contribution in [3.05, 3.63) is 24.3 Å². The Labute approximate surface area is 110 Å². The summed E-state index contributed by atoms with van der Waals surface area (Å²) in [5.74, 6) is -0.702. The number of rotatable bonds is 5. The number of sulfonamides is 2. The Kier molecular flexibility index (Phi) is 4.47. The first kappa shape index (κ1) is 15.4. The molecule has 9 nitrogen and oxygen atoms in total. The van der Waals surface area contributed by atoms with E-state index in [0.29, 0.717) is 0 Å². The Morgan fingerprint density at radius 2 is 1.68 bits per heavy atom. The van der Waals surface area contributed by atoms with Crippen LogP contribution >= 0.6 is 0 Å². The smallest absolute Gasteiger partial charge is 0.286 e. The lowest BCUT2D eigenvalue weighted by Gasteiger charge is -2.08. The molecule has 0 saturated carbocycles. The zero-order valence-corrected chi connectivity index (χ0v) is 11.4. The molecule has 19 heavy (non-hydrogen) atoms. The van der Waals surface area contributed by atoms with Gasteiger partial charge in [0.15, 0.2) is 0 Å². The van der Waals surface area contributed by atoms with Gasteiger partial charge in [0.1, 0.15) is 9.79 Å². The molecule has 0 fully saturated rings. The Bertz CT molecular complexity index is 692. The molecule has 0 aliphatic carbocycles. The third-order valence-corrected chi connectivity index (χ3v) is 4.65. The molecule has 0 aliphatic rings. The maximum Gasteiger partial charge on any atom is 0.286 e. The van der Waals surface area contributed by atoms with Crippen LogP contribution in [0.25, 0.3) is 0 Å². The molecule has 1 aromatic rings. The fourth-order valence-electron chi connectivity index (χ4n) is 1.23. The number of guanidine groups is 1. The predicted molar refractivity (Wildman–Crippen MR) is 66.8 cm³/mol. The van der Waals surface area contributed by atoms with Crippen molar-refractivity contribution < 1.29 is 21.7 Å². The van der Waals surface area contributed by atoms with Crippen LogP contribution in [-0.2, 0) is 24.9 Å². The summed E-state index contributed by atoms with van der Waals surface area (Å²) in [5, 5.41) is 0. The second-order valence-corrected chi connectivity index (χ2v) is 6.41. The van der Waals surface area contributed by atoms with Crippen molar-refractivity contribution >= 4 is 26.0 Å². The second-order valence-electron chi connectivity index (χ2n) is 3.23. The highest BCUT2D eigenvalue weighted by Crippen LogP contribution is 2.22. The molecule has 0 aromatic heterocycles. The van der Waals surface area contributed by atoms with Crippen LogP contribution in [0.4, 0.5) is 0 Å². The molecule has 0 saturated heterocycles. The van der Waals surface area contributed by atoms with Crippen LogP contribution in [0.15, 0.2) is 38.5 Å². The first-order chi connectivity index (χ1) is 8.70. The van der Waals surface area contributed by atoms with Crippen molar-refractivity contribution in [1.82, 2.24) is 4.89 Å². The van der Waals surface area contributed by atoms with E-state index in [1.54, 1.807) is 4.89 Å². The van der Waals surface area contributed by atoms with Crippen LogP contribution < -0.4 is 16.4 Å². The quantitative estimate of drug-likeness (QED) is 0.339. The molecule has 0 unspecified atom stereocenters. The van der Waals surface area contributed by atoms with Gasteiger partial charge in [0.05, 0.1) is 7.11 Å². The van der Waals surface area contributed by atoms with E-state index >= 15 is 0 Å². The molecule has 0 amide bonds. The third-order valence-electron chi connectivity index (χ3n) is 1.84. The van der Waals surface area contributed by atoms with Gasteiger partial charge in [0.2, 0.25) is 5.96 Å². The molecule has 0 heterocycles. The van der Waals surface area contributed by atoms with Crippen LogP contribution in [0.1, 0.15) is 0 Å². The van der Waals surface area contributed by atoms with Crippen LogP contribution in [0.3, 0.4) is 0 Å². The van der Waals surface area contributed by atoms with Crippen LogP contribution in [0, 0.1) is 0 Å². The van der Waals surface area contributed by atoms with Crippen LogP contribution in [0.2, 0.25) is 0 Å². The first-order valence-electron chi connectivity index (χ1n) is 4.70. The minimum absolute atomic E-state index is 0.526. The lowest BCUT2D eigenvalue weighted by molar-refractivity contribution is 0.153. The minimum atomic E-state index is -4.33. The average Bonchev–Trinajstić information content (AvgIpc) is 2.27. The molecule has 0 radical (unpaired) electrons. The number of benzene rings is 1. The highest BCUT2D eigenvalue weighted by Gasteiger charge is 2.26. The minimum Gasteiger partial charge on any atom is -0.369 e. The summed E-state index contributed by atoms with van der Waals surface area (Å²) in [6.07, 6.45) is 0. The maximum absolute atomic E-state index is 11.8. The maximum atomic E-state index is 11.8. The van der Waals surface area contributed by atoms with Gasteiger partial charge in [-0.05, 0) is 12.1 Å². The van der Waals surface area contributed by atoms with Gasteiger partial charge in [-0.2, -0.15) is 8.42 Å². The van der Waals surface area contributed by atoms with E-state index in [9.17, 15) is 16.8 Å². The first-order valence-corrected chi connectivity index (χ1v) is 7.63. The molecule has 1 aromatic carbocycles. The Balaban J connectivity index is 3.53. The highest BCUT2D eigenvalue weighted by molar-refractivity contribution is 7.93. The standard InChI is InChI=1S/C8H12N4O5S2/c1-17-12-19(15,16)7-5-3-2-4-6(7)18(13,14)11-8(9)10/h2-5,12H,1H3,(H4,9,10,11). The van der Waals surface area contributed by atoms with Gasteiger partial charge in [0.25, 0.3) is 20.0 Å². The monoisotopic (exact) mass is 308 g/mol. The van der Waals surface area contributed by atoms with E-state index in [4.69, 9.17) is 11.5 Å². The summed E-state index contributed by atoms with van der Waals surface area (Å²) in [6, 6.07) is 4.82. The SMILES string of the molecule is CONS(=O)(=O)c1ccccc1S(=O)(=O)N=C(N)N. The van der Waals surface area contributed by atoms with Gasteiger partial charge >= 0.3 is 0 Å². The van der Waals surface area contributed by atoms with E-state index in [1.165, 1.54) is 12.1 Å². The lowest BCUT2D eigenvalue weighted by atomic mass is 10.4. The van der Waals surface area contributed by atoms with E-state index in [1.807, 2.05) is 0 Å². The molecular formula is C8H12N4O5S2. The van der Waals surface area contributed by atoms with E-state index in [2.05, 4.69) is 9.24 Å². The lowest BCUT2D eigenvalue weighted by Crippen LogP contribution is -2.26. The van der Waals surface area contributed by atoms with E-state index in [-0.39, 0.29) is 0 Å². The van der Waals surface area contributed by atoms with Gasteiger partial charge in [-0.1, -0.05) is 17.0 Å². The Hall–Kier alpha value is -1.69. The number of hydrogen-bond donors (Lipinski definition) is 3. The number of hydrogen-bond acceptors (Lipinski definition) is 5. The fraction of sp³-hybridized carbons (Fsp3) is 0.125. The Morgan fingerprint density at radius 1 is 1.16 bits per heavy atom. The molecule has 0 atom stereocenters. The molecule has 0 bridgehead atoms. The summed E-state index contributed by atoms with van der Waals surface area (Å²) < 4.78 is 50.2. The van der Waals surface area contributed by atoms with Crippen LogP contribution in [0.5, 0.6) is 0 Å². The summed E-state index contributed by atoms with van der Waals surface area (Å²) in [7, 11) is -7.42. The number of nitrogens with two attached hydrogens (primary N) is 2. The molecule has 1 rings (SSSR count). The molecule has 5 N–H and O–H groups in total. The fourth-order valence-corrected chi connectivity index (χ4v) is 3.72. The van der Waals surface area contributed by atoms with Crippen LogP contribution in [-0.4, -0.2) is 29.9 Å². The van der Waals surface area contributed by atoms with Crippen molar-refractivity contribution in [2.45, 2.75) is 9.79 Å². The summed E-state index contributed by atoms with van der Waals surface area (Å²) >= 11 is 0. The number of nitrogens with zero attached hydrogens (tertiary/aromatic N) is 1. The van der Waals surface area contributed by atoms with Crippen molar-refractivity contribution in [2.24, 2.45) is 15.9 Å². The van der Waals surface area contributed by atoms with Crippen molar-refractivity contribution in [2.75, 3.05) is 7.11 Å². The number of nitrogens with one attached hydrogen (secondary N) is 1. The summed E-state index contributed by atoms with van der Waals surface area (Å²) in [4.78, 5) is 4.90. The topological polar surface area (TPSA) is 154 Å². The van der Waals surface area contributed by atoms with Gasteiger partial charge < -0.3 is 11.5 Å². The molecular weight excluding hydrogens is 296 g/mol. The van der Waals surface area contributed by atoms with Crippen molar-refractivity contribution in [3.63, 3.8) is 0 Å². The van der Waals surface area contributed by atoms with Crippen molar-refractivity contribution in [3.8, 4) is 0 Å². The van der Waals surface area contributed by atoms with E-state index in [0.717, 1.165) is 19.2 Å². The van der Waals surface area contributed by atoms with Crippen molar-refractivity contribution in [1.29, 1.82) is 0 Å². The summed E-state index contributed by atoms with van der Waals surface area (Å²) in [5.41, 5.74) is 9.99. The molecule has 0 aliphatic heterocycles. The van der Waals surface area contributed by atoms with Gasteiger partial charge in [-0.3, -0.25) is 4.84 Å². The summed E-state index contributed by atoms with van der Waals surface area (Å²) in [6.45, 7) is 0. The zero-order valence-electron chi connectivity index (χ0n) is 9.77.